The molecule has 7 heteroatoms. The Bertz CT molecular complexity index is 719. The van der Waals surface area contributed by atoms with Crippen LogP contribution >= 0.6 is 11.8 Å². The van der Waals surface area contributed by atoms with Crippen LogP contribution in [0.3, 0.4) is 0 Å². The maximum Gasteiger partial charge on any atom is 0.318 e. The number of unbranched alkanes of at least 4 members (excludes halogenated alkanes) is 5. The number of likely N-dealkylation sites (tertiary alicyclic amines) is 1. The molecule has 0 aromatic heterocycles. The van der Waals surface area contributed by atoms with E-state index in [-0.39, 0.29) is 24.2 Å². The average molecular weight is 479 g/mol. The fourth-order valence-electron chi connectivity index (χ4n) is 5.54. The molecule has 0 spiro atoms. The molecule has 0 saturated carbocycles. The summed E-state index contributed by atoms with van der Waals surface area (Å²) in [6.07, 6.45) is 12.0. The van der Waals surface area contributed by atoms with E-state index in [1.54, 1.807) is 0 Å². The molecule has 33 heavy (non-hydrogen) atoms. The average Bonchev–Trinajstić information content (AvgIpc) is 2.83. The van der Waals surface area contributed by atoms with E-state index in [0.717, 1.165) is 56.0 Å². The van der Waals surface area contributed by atoms with Crippen LogP contribution in [0.15, 0.2) is 11.8 Å². The molecule has 2 fully saturated rings. The molecule has 2 amide bonds. The van der Waals surface area contributed by atoms with Crippen LogP contribution in [-0.4, -0.2) is 65.3 Å². The van der Waals surface area contributed by atoms with Gasteiger partial charge in [-0.3, -0.25) is 14.4 Å². The standard InChI is InChI=1S/C26H42N2O4S/c1-3-5-6-7-8-11-14-28-22-12-9-10-13-26(22,25(31)32-4-2)20-21(24(28)30)19-23(29)27-15-17-33-18-16-27/h12,21H,3-11,13-20H2,1-2H3/t21-,26+/m1/s1. The molecule has 2 heterocycles. The molecule has 2 atom stereocenters. The number of hydrogen-bond acceptors (Lipinski definition) is 5. The highest BCUT2D eigenvalue weighted by atomic mass is 32.2. The van der Waals surface area contributed by atoms with Gasteiger partial charge in [0.25, 0.3) is 0 Å². The first-order valence-corrected chi connectivity index (χ1v) is 14.2. The molecule has 0 N–H and O–H groups in total. The third-order valence-electron chi connectivity index (χ3n) is 7.32. The SMILES string of the molecule is CCCCCCCCN1C(=O)[C@H](CC(=O)N2CCSCC2)C[C@@]2(C(=O)OCC)CCCC=C12. The Labute approximate surface area is 203 Å². The second kappa shape index (κ2) is 12.8. The van der Waals surface area contributed by atoms with Crippen molar-refractivity contribution in [2.45, 2.75) is 84.5 Å². The number of rotatable bonds is 11. The van der Waals surface area contributed by atoms with Crippen LogP contribution in [0.4, 0.5) is 0 Å². The minimum absolute atomic E-state index is 0.0244. The predicted octanol–water partition coefficient (Wildman–Crippen LogP) is 4.78. The topological polar surface area (TPSA) is 66.9 Å². The van der Waals surface area contributed by atoms with Crippen molar-refractivity contribution >= 4 is 29.5 Å². The van der Waals surface area contributed by atoms with Crippen LogP contribution in [0.2, 0.25) is 0 Å². The number of amides is 2. The van der Waals surface area contributed by atoms with Crippen LogP contribution in [0.25, 0.3) is 0 Å². The van der Waals surface area contributed by atoms with Crippen LogP contribution in [-0.2, 0) is 19.1 Å². The van der Waals surface area contributed by atoms with Gasteiger partial charge in [0, 0.05) is 49.2 Å². The first kappa shape index (κ1) is 26.1. The lowest BCUT2D eigenvalue weighted by Gasteiger charge is -2.48. The lowest BCUT2D eigenvalue weighted by Crippen LogP contribution is -2.54. The van der Waals surface area contributed by atoms with Crippen LogP contribution in [0, 0.1) is 11.3 Å². The first-order valence-electron chi connectivity index (χ1n) is 13.1. The number of carbonyl (C=O) groups is 3. The molecule has 1 aliphatic carbocycles. The number of carbonyl (C=O) groups excluding carboxylic acids is 3. The number of piperidine rings is 1. The summed E-state index contributed by atoms with van der Waals surface area (Å²) in [5, 5.41) is 0. The summed E-state index contributed by atoms with van der Waals surface area (Å²) in [6.45, 7) is 6.50. The van der Waals surface area contributed by atoms with Gasteiger partial charge in [0.05, 0.1) is 6.61 Å². The minimum Gasteiger partial charge on any atom is -0.465 e. The van der Waals surface area contributed by atoms with Crippen molar-refractivity contribution in [1.29, 1.82) is 0 Å². The fourth-order valence-corrected chi connectivity index (χ4v) is 6.44. The van der Waals surface area contributed by atoms with Gasteiger partial charge in [-0.25, -0.2) is 0 Å². The Morgan fingerprint density at radius 1 is 1.12 bits per heavy atom. The number of fused-ring (bicyclic) bond motifs is 1. The van der Waals surface area contributed by atoms with E-state index in [0.29, 0.717) is 26.0 Å². The summed E-state index contributed by atoms with van der Waals surface area (Å²) in [5.41, 5.74) is 0.0661. The molecule has 0 bridgehead atoms. The zero-order valence-electron chi connectivity index (χ0n) is 20.6. The Morgan fingerprint density at radius 3 is 2.58 bits per heavy atom. The maximum absolute atomic E-state index is 13.6. The lowest BCUT2D eigenvalue weighted by molar-refractivity contribution is -0.162. The van der Waals surface area contributed by atoms with Crippen LogP contribution in [0.5, 0.6) is 0 Å². The van der Waals surface area contributed by atoms with Gasteiger partial charge in [-0.1, -0.05) is 45.1 Å². The molecule has 6 nitrogen and oxygen atoms in total. The third-order valence-corrected chi connectivity index (χ3v) is 8.27. The zero-order valence-corrected chi connectivity index (χ0v) is 21.4. The molecule has 3 aliphatic rings. The summed E-state index contributed by atoms with van der Waals surface area (Å²) < 4.78 is 5.55. The van der Waals surface area contributed by atoms with Gasteiger partial charge in [-0.2, -0.15) is 11.8 Å². The normalized spacial score (nSPS) is 25.5. The summed E-state index contributed by atoms with van der Waals surface area (Å²) in [6, 6.07) is 0. The van der Waals surface area contributed by atoms with Gasteiger partial charge in [0.15, 0.2) is 0 Å². The van der Waals surface area contributed by atoms with Crippen molar-refractivity contribution in [2.75, 3.05) is 37.7 Å². The van der Waals surface area contributed by atoms with E-state index in [1.165, 1.54) is 25.7 Å². The van der Waals surface area contributed by atoms with Crippen LogP contribution < -0.4 is 0 Å². The summed E-state index contributed by atoms with van der Waals surface area (Å²) in [4.78, 5) is 43.7. The van der Waals surface area contributed by atoms with Gasteiger partial charge in [-0.05, 0) is 39.0 Å². The number of esters is 1. The molecule has 0 aromatic carbocycles. The number of hydrogen-bond donors (Lipinski definition) is 0. The fraction of sp³-hybridized carbons (Fsp3) is 0.808. The molecule has 0 aromatic rings. The highest BCUT2D eigenvalue weighted by Gasteiger charge is 2.54. The zero-order chi connectivity index (χ0) is 23.7. The second-order valence-corrected chi connectivity index (χ2v) is 10.9. The van der Waals surface area contributed by atoms with Crippen molar-refractivity contribution in [2.24, 2.45) is 11.3 Å². The molecule has 0 unspecified atom stereocenters. The smallest absolute Gasteiger partial charge is 0.318 e. The summed E-state index contributed by atoms with van der Waals surface area (Å²) in [7, 11) is 0. The Morgan fingerprint density at radius 2 is 1.85 bits per heavy atom. The molecule has 186 valence electrons. The van der Waals surface area contributed by atoms with E-state index < -0.39 is 11.3 Å². The molecular weight excluding hydrogens is 436 g/mol. The van der Waals surface area contributed by atoms with Gasteiger partial charge in [0.1, 0.15) is 5.41 Å². The van der Waals surface area contributed by atoms with E-state index in [2.05, 4.69) is 13.0 Å². The molecule has 2 aliphatic heterocycles. The summed E-state index contributed by atoms with van der Waals surface area (Å²) in [5.74, 6) is 1.31. The monoisotopic (exact) mass is 478 g/mol. The van der Waals surface area contributed by atoms with E-state index in [9.17, 15) is 14.4 Å². The van der Waals surface area contributed by atoms with Crippen molar-refractivity contribution in [1.82, 2.24) is 9.80 Å². The third kappa shape index (κ3) is 6.34. The Kier molecular flexibility index (Phi) is 10.1. The van der Waals surface area contributed by atoms with Crippen molar-refractivity contribution in [3.63, 3.8) is 0 Å². The summed E-state index contributed by atoms with van der Waals surface area (Å²) >= 11 is 1.86. The number of nitrogens with zero attached hydrogens (tertiary/aromatic N) is 2. The van der Waals surface area contributed by atoms with Crippen molar-refractivity contribution in [3.05, 3.63) is 11.8 Å². The van der Waals surface area contributed by atoms with Crippen molar-refractivity contribution in [3.8, 4) is 0 Å². The van der Waals surface area contributed by atoms with E-state index >= 15 is 0 Å². The van der Waals surface area contributed by atoms with Gasteiger partial charge >= 0.3 is 5.97 Å². The quantitative estimate of drug-likeness (QED) is 0.316. The first-order chi connectivity index (χ1) is 16.0. The number of ether oxygens (including phenoxy) is 1. The maximum atomic E-state index is 13.6. The van der Waals surface area contributed by atoms with Gasteiger partial charge in [-0.15, -0.1) is 0 Å². The molecule has 2 saturated heterocycles. The molecule has 3 rings (SSSR count). The highest BCUT2D eigenvalue weighted by Crippen LogP contribution is 2.50. The lowest BCUT2D eigenvalue weighted by atomic mass is 9.66. The van der Waals surface area contributed by atoms with Crippen LogP contribution in [0.1, 0.15) is 84.5 Å². The highest BCUT2D eigenvalue weighted by molar-refractivity contribution is 7.99. The van der Waals surface area contributed by atoms with Gasteiger partial charge < -0.3 is 14.5 Å². The Hall–Kier alpha value is -1.50. The number of thioether (sulfide) groups is 1. The van der Waals surface area contributed by atoms with E-state index in [4.69, 9.17) is 4.74 Å². The largest absolute Gasteiger partial charge is 0.465 e. The van der Waals surface area contributed by atoms with Gasteiger partial charge in [0.2, 0.25) is 11.8 Å². The molecular formula is C26H42N2O4S. The van der Waals surface area contributed by atoms with E-state index in [1.807, 2.05) is 28.5 Å². The molecule has 0 radical (unpaired) electrons. The predicted molar refractivity (Wildman–Crippen MR) is 133 cm³/mol. The minimum atomic E-state index is -0.785. The van der Waals surface area contributed by atoms with Crippen molar-refractivity contribution < 1.29 is 19.1 Å². The second-order valence-electron chi connectivity index (χ2n) is 9.64. The Balaban J connectivity index is 1.78. The number of allylic oxidation sites excluding steroid dienone is 1.